The van der Waals surface area contributed by atoms with Gasteiger partial charge in [-0.1, -0.05) is 0 Å². The molecule has 19 heavy (non-hydrogen) atoms. The van der Waals surface area contributed by atoms with Crippen molar-refractivity contribution in [3.05, 3.63) is 33.9 Å². The number of amides is 1. The van der Waals surface area contributed by atoms with Crippen LogP contribution in [-0.2, 0) is 0 Å². The third-order valence-corrected chi connectivity index (χ3v) is 3.16. The minimum absolute atomic E-state index is 0.0376. The van der Waals surface area contributed by atoms with Crippen molar-refractivity contribution in [2.45, 2.75) is 18.9 Å². The zero-order chi connectivity index (χ0) is 14.0. The molecule has 1 aliphatic rings. The molecule has 1 heterocycles. The van der Waals surface area contributed by atoms with Crippen LogP contribution in [0.1, 0.15) is 23.2 Å². The van der Waals surface area contributed by atoms with E-state index in [4.69, 9.17) is 5.73 Å². The summed E-state index contributed by atoms with van der Waals surface area (Å²) in [5.41, 5.74) is 5.63. The number of carbonyl (C=O) groups excluding carboxylic acids is 1. The molecule has 1 aromatic rings. The van der Waals surface area contributed by atoms with E-state index in [1.165, 1.54) is 6.07 Å². The van der Waals surface area contributed by atoms with E-state index in [1.54, 1.807) is 4.90 Å². The van der Waals surface area contributed by atoms with Gasteiger partial charge in [-0.3, -0.25) is 14.9 Å². The summed E-state index contributed by atoms with van der Waals surface area (Å²) < 4.78 is 0. The van der Waals surface area contributed by atoms with Crippen molar-refractivity contribution in [1.82, 2.24) is 4.90 Å². The highest BCUT2D eigenvalue weighted by Crippen LogP contribution is 2.27. The van der Waals surface area contributed by atoms with Gasteiger partial charge in [0, 0.05) is 30.8 Å². The van der Waals surface area contributed by atoms with Crippen LogP contribution in [0.2, 0.25) is 0 Å². The van der Waals surface area contributed by atoms with Crippen LogP contribution in [0.15, 0.2) is 18.2 Å². The van der Waals surface area contributed by atoms with Crippen molar-refractivity contribution in [3.63, 3.8) is 0 Å². The Morgan fingerprint density at radius 3 is 2.84 bits per heavy atom. The van der Waals surface area contributed by atoms with Gasteiger partial charge in [-0.25, -0.2) is 0 Å². The number of rotatable bonds is 2. The van der Waals surface area contributed by atoms with E-state index in [2.05, 4.69) is 0 Å². The van der Waals surface area contributed by atoms with Crippen LogP contribution in [0.5, 0.6) is 5.75 Å². The maximum absolute atomic E-state index is 12.2. The number of nitrogens with zero attached hydrogens (tertiary/aromatic N) is 2. The molecule has 1 amide bonds. The largest absolute Gasteiger partial charge is 0.502 e. The maximum atomic E-state index is 12.2. The van der Waals surface area contributed by atoms with E-state index >= 15 is 0 Å². The standard InChI is InChI=1S/C12H15N3O4/c13-9-2-1-5-14(7-9)12(17)8-3-4-10(15(18)19)11(16)6-8/h3-4,6,9,16H,1-2,5,7,13H2. The summed E-state index contributed by atoms with van der Waals surface area (Å²) in [7, 11) is 0. The molecule has 1 fully saturated rings. The Bertz CT molecular complexity index is 518. The molecule has 0 aliphatic carbocycles. The second-order valence-electron chi connectivity index (χ2n) is 4.61. The molecule has 102 valence electrons. The average Bonchev–Trinajstić information content (AvgIpc) is 2.37. The predicted octanol–water partition coefficient (Wildman–Crippen LogP) is 0.864. The first-order valence-electron chi connectivity index (χ1n) is 6.01. The van der Waals surface area contributed by atoms with Gasteiger partial charge >= 0.3 is 5.69 Å². The van der Waals surface area contributed by atoms with E-state index in [0.717, 1.165) is 25.0 Å². The zero-order valence-corrected chi connectivity index (χ0v) is 10.3. The lowest BCUT2D eigenvalue weighted by Crippen LogP contribution is -2.45. The van der Waals surface area contributed by atoms with Gasteiger partial charge in [0.2, 0.25) is 0 Å². The molecule has 7 heteroatoms. The van der Waals surface area contributed by atoms with Crippen molar-refractivity contribution < 1.29 is 14.8 Å². The fourth-order valence-electron chi connectivity index (χ4n) is 2.19. The molecule has 1 atom stereocenters. The van der Waals surface area contributed by atoms with Gasteiger partial charge < -0.3 is 15.7 Å². The monoisotopic (exact) mass is 265 g/mol. The van der Waals surface area contributed by atoms with Gasteiger partial charge in [0.05, 0.1) is 4.92 Å². The van der Waals surface area contributed by atoms with E-state index in [9.17, 15) is 20.0 Å². The predicted molar refractivity (Wildman–Crippen MR) is 67.9 cm³/mol. The Morgan fingerprint density at radius 2 is 2.26 bits per heavy atom. The van der Waals surface area contributed by atoms with Crippen LogP contribution < -0.4 is 5.73 Å². The highest BCUT2D eigenvalue weighted by molar-refractivity contribution is 5.95. The summed E-state index contributed by atoms with van der Waals surface area (Å²) in [5.74, 6) is -0.766. The van der Waals surface area contributed by atoms with Gasteiger partial charge in [0.25, 0.3) is 5.91 Å². The van der Waals surface area contributed by atoms with Crippen molar-refractivity contribution in [1.29, 1.82) is 0 Å². The van der Waals surface area contributed by atoms with Crippen molar-refractivity contribution in [2.75, 3.05) is 13.1 Å². The first-order chi connectivity index (χ1) is 8.99. The second kappa shape index (κ2) is 5.23. The molecule has 1 aromatic carbocycles. The summed E-state index contributed by atoms with van der Waals surface area (Å²) in [4.78, 5) is 23.7. The summed E-state index contributed by atoms with van der Waals surface area (Å²) in [6, 6.07) is 3.57. The summed E-state index contributed by atoms with van der Waals surface area (Å²) >= 11 is 0. The summed E-state index contributed by atoms with van der Waals surface area (Å²) in [6.45, 7) is 1.08. The van der Waals surface area contributed by atoms with Crippen LogP contribution in [0.25, 0.3) is 0 Å². The molecule has 7 nitrogen and oxygen atoms in total. The number of carbonyl (C=O) groups is 1. The van der Waals surface area contributed by atoms with Gasteiger partial charge in [-0.15, -0.1) is 0 Å². The Morgan fingerprint density at radius 1 is 1.53 bits per heavy atom. The number of phenolic OH excluding ortho intramolecular Hbond substituents is 1. The van der Waals surface area contributed by atoms with E-state index in [-0.39, 0.29) is 17.5 Å². The van der Waals surface area contributed by atoms with Crippen LogP contribution in [0.3, 0.4) is 0 Å². The third kappa shape index (κ3) is 2.82. The lowest BCUT2D eigenvalue weighted by molar-refractivity contribution is -0.385. The molecular formula is C12H15N3O4. The lowest BCUT2D eigenvalue weighted by atomic mass is 10.1. The third-order valence-electron chi connectivity index (χ3n) is 3.16. The van der Waals surface area contributed by atoms with E-state index < -0.39 is 16.4 Å². The van der Waals surface area contributed by atoms with Gasteiger partial charge in [-0.05, 0) is 25.0 Å². The number of piperidine rings is 1. The first kappa shape index (κ1) is 13.3. The number of aromatic hydroxyl groups is 1. The molecule has 0 saturated carbocycles. The summed E-state index contributed by atoms with van der Waals surface area (Å²) in [6.07, 6.45) is 1.72. The normalized spacial score (nSPS) is 19.2. The highest BCUT2D eigenvalue weighted by Gasteiger charge is 2.24. The maximum Gasteiger partial charge on any atom is 0.310 e. The van der Waals surface area contributed by atoms with Crippen LogP contribution in [-0.4, -0.2) is 40.0 Å². The fourth-order valence-corrected chi connectivity index (χ4v) is 2.19. The molecule has 1 saturated heterocycles. The number of nitro benzene ring substituents is 1. The SMILES string of the molecule is NC1CCCN(C(=O)c2ccc([N+](=O)[O-])c(O)c2)C1. The first-order valence-corrected chi connectivity index (χ1v) is 6.01. The number of likely N-dealkylation sites (tertiary alicyclic amines) is 1. The zero-order valence-electron chi connectivity index (χ0n) is 10.3. The molecule has 1 aliphatic heterocycles. The molecule has 3 N–H and O–H groups in total. The van der Waals surface area contributed by atoms with Crippen LogP contribution in [0.4, 0.5) is 5.69 Å². The number of nitrogens with two attached hydrogens (primary N) is 1. The molecule has 0 radical (unpaired) electrons. The van der Waals surface area contributed by atoms with Gasteiger partial charge in [0.15, 0.2) is 5.75 Å². The quantitative estimate of drug-likeness (QED) is 0.608. The fraction of sp³-hybridized carbons (Fsp3) is 0.417. The highest BCUT2D eigenvalue weighted by atomic mass is 16.6. The lowest BCUT2D eigenvalue weighted by Gasteiger charge is -2.30. The Kier molecular flexibility index (Phi) is 3.66. The number of hydrogen-bond acceptors (Lipinski definition) is 5. The van der Waals surface area contributed by atoms with E-state index in [1.807, 2.05) is 0 Å². The summed E-state index contributed by atoms with van der Waals surface area (Å²) in [5, 5.41) is 20.1. The van der Waals surface area contributed by atoms with Crippen LogP contribution >= 0.6 is 0 Å². The van der Waals surface area contributed by atoms with Crippen LogP contribution in [0, 0.1) is 10.1 Å². The topological polar surface area (TPSA) is 110 Å². The second-order valence-corrected chi connectivity index (χ2v) is 4.61. The molecule has 0 bridgehead atoms. The Balaban J connectivity index is 2.19. The van der Waals surface area contributed by atoms with Gasteiger partial charge in [-0.2, -0.15) is 0 Å². The van der Waals surface area contributed by atoms with Crippen molar-refractivity contribution >= 4 is 11.6 Å². The van der Waals surface area contributed by atoms with E-state index in [0.29, 0.717) is 13.1 Å². The number of nitro groups is 1. The Hall–Kier alpha value is -2.15. The van der Waals surface area contributed by atoms with Gasteiger partial charge in [0.1, 0.15) is 0 Å². The minimum Gasteiger partial charge on any atom is -0.502 e. The smallest absolute Gasteiger partial charge is 0.310 e. The molecular weight excluding hydrogens is 250 g/mol. The minimum atomic E-state index is -0.694. The molecule has 2 rings (SSSR count). The molecule has 0 spiro atoms. The molecule has 0 aromatic heterocycles. The number of hydrogen-bond donors (Lipinski definition) is 2. The number of phenols is 1. The van der Waals surface area contributed by atoms with Crippen molar-refractivity contribution in [2.24, 2.45) is 5.73 Å². The molecule has 1 unspecified atom stereocenters. The van der Waals surface area contributed by atoms with Crippen molar-refractivity contribution in [3.8, 4) is 5.75 Å². The average molecular weight is 265 g/mol. The Labute approximate surface area is 109 Å². The number of benzene rings is 1.